The van der Waals surface area contributed by atoms with Gasteiger partial charge >= 0.3 is 6.09 Å². The number of likely N-dealkylation sites (N-methyl/N-ethyl adjacent to an activating group) is 1. The van der Waals surface area contributed by atoms with Gasteiger partial charge in [-0.05, 0) is 23.1 Å². The van der Waals surface area contributed by atoms with Gasteiger partial charge in [-0.1, -0.05) is 97.1 Å². The lowest BCUT2D eigenvalue weighted by Crippen LogP contribution is -2.51. The molecule has 0 aliphatic carbocycles. The molecule has 0 bridgehead atoms. The molecule has 36 heavy (non-hydrogen) atoms. The van der Waals surface area contributed by atoms with Gasteiger partial charge in [-0.2, -0.15) is 0 Å². The van der Waals surface area contributed by atoms with Gasteiger partial charge in [0.25, 0.3) is 0 Å². The highest BCUT2D eigenvalue weighted by molar-refractivity contribution is 5.88. The van der Waals surface area contributed by atoms with Gasteiger partial charge in [0.1, 0.15) is 12.6 Å². The van der Waals surface area contributed by atoms with E-state index in [-0.39, 0.29) is 24.8 Å². The number of ether oxygens (including phenoxy) is 1. The monoisotopic (exact) mass is 485 g/mol. The largest absolute Gasteiger partial charge is 0.445 e. The van der Waals surface area contributed by atoms with Gasteiger partial charge in [0.05, 0.1) is 6.04 Å². The molecule has 0 saturated carbocycles. The van der Waals surface area contributed by atoms with E-state index in [1.807, 2.05) is 91.0 Å². The number of alkyl carbamates (subject to hydrolysis) is 1. The van der Waals surface area contributed by atoms with Crippen LogP contribution in [-0.4, -0.2) is 37.0 Å². The van der Waals surface area contributed by atoms with Gasteiger partial charge in [0.2, 0.25) is 11.8 Å². The summed E-state index contributed by atoms with van der Waals surface area (Å²) in [5, 5.41) is 8.21. The molecule has 0 aromatic heterocycles. The molecule has 0 aliphatic heterocycles. The van der Waals surface area contributed by atoms with Crippen LogP contribution in [0.3, 0.4) is 0 Å². The van der Waals surface area contributed by atoms with Crippen LogP contribution < -0.4 is 16.0 Å². The van der Waals surface area contributed by atoms with E-state index >= 15 is 0 Å². The Morgan fingerprint density at radius 3 is 1.83 bits per heavy atom. The van der Waals surface area contributed by atoms with Crippen molar-refractivity contribution < 1.29 is 19.1 Å². The van der Waals surface area contributed by atoms with Crippen molar-refractivity contribution in [1.82, 2.24) is 16.0 Å². The fourth-order valence-electron chi connectivity index (χ4n) is 3.57. The quantitative estimate of drug-likeness (QED) is 0.362. The molecule has 3 N–H and O–H groups in total. The van der Waals surface area contributed by atoms with E-state index in [4.69, 9.17) is 4.74 Å². The van der Waals surface area contributed by atoms with E-state index in [0.717, 1.165) is 16.7 Å². The molecule has 3 amide bonds. The molecule has 7 heteroatoms. The zero-order valence-electron chi connectivity index (χ0n) is 20.2. The molecule has 3 rings (SSSR count). The number of hydrogen-bond donors (Lipinski definition) is 3. The first-order valence-electron chi connectivity index (χ1n) is 11.8. The number of nitrogens with one attached hydrogen (secondary N) is 3. The molecular weight excluding hydrogens is 454 g/mol. The molecule has 0 unspecified atom stereocenters. The fraction of sp³-hybridized carbons (Fsp3) is 0.207. The first-order valence-corrected chi connectivity index (χ1v) is 11.8. The zero-order valence-corrected chi connectivity index (χ0v) is 20.2. The normalized spacial score (nSPS) is 12.4. The molecule has 0 aliphatic rings. The Hall–Kier alpha value is -4.39. The molecule has 7 nitrogen and oxygen atoms in total. The van der Waals surface area contributed by atoms with E-state index < -0.39 is 18.2 Å². The van der Waals surface area contributed by atoms with E-state index in [2.05, 4.69) is 16.0 Å². The van der Waals surface area contributed by atoms with Crippen LogP contribution in [0.4, 0.5) is 4.79 Å². The third kappa shape index (κ3) is 9.10. The van der Waals surface area contributed by atoms with Crippen molar-refractivity contribution in [3.05, 3.63) is 120 Å². The van der Waals surface area contributed by atoms with E-state index in [1.165, 1.54) is 6.08 Å². The first kappa shape index (κ1) is 26.2. The Kier molecular flexibility index (Phi) is 10.3. The molecule has 186 valence electrons. The summed E-state index contributed by atoms with van der Waals surface area (Å²) < 4.78 is 5.34. The lowest BCUT2D eigenvalue weighted by atomic mass is 10.0. The summed E-state index contributed by atoms with van der Waals surface area (Å²) in [6.45, 7) is 0.0951. The Balaban J connectivity index is 1.72. The highest BCUT2D eigenvalue weighted by atomic mass is 16.5. The van der Waals surface area contributed by atoms with Crippen molar-refractivity contribution in [3.8, 4) is 0 Å². The maximum absolute atomic E-state index is 13.4. The second kappa shape index (κ2) is 14.1. The summed E-state index contributed by atoms with van der Waals surface area (Å²) in [6, 6.07) is 27.1. The number of carbonyl (C=O) groups is 3. The van der Waals surface area contributed by atoms with E-state index in [0.29, 0.717) is 6.42 Å². The lowest BCUT2D eigenvalue weighted by molar-refractivity contribution is -0.123. The third-order valence-corrected chi connectivity index (χ3v) is 5.46. The van der Waals surface area contributed by atoms with Crippen molar-refractivity contribution in [2.24, 2.45) is 0 Å². The smallest absolute Gasteiger partial charge is 0.408 e. The van der Waals surface area contributed by atoms with Crippen molar-refractivity contribution in [2.45, 2.75) is 31.5 Å². The number of benzene rings is 3. The highest BCUT2D eigenvalue weighted by Crippen LogP contribution is 2.08. The topological polar surface area (TPSA) is 96.5 Å². The lowest BCUT2D eigenvalue weighted by Gasteiger charge is -2.22. The zero-order chi connectivity index (χ0) is 25.6. The van der Waals surface area contributed by atoms with Gasteiger partial charge in [-0.3, -0.25) is 9.59 Å². The average molecular weight is 486 g/mol. The molecule has 3 aromatic carbocycles. The second-order valence-corrected chi connectivity index (χ2v) is 8.23. The minimum absolute atomic E-state index is 0.0951. The Bertz CT molecular complexity index is 1130. The summed E-state index contributed by atoms with van der Waals surface area (Å²) in [7, 11) is 1.54. The maximum atomic E-state index is 13.4. The molecule has 0 fully saturated rings. The minimum atomic E-state index is -0.873. The van der Waals surface area contributed by atoms with E-state index in [9.17, 15) is 14.4 Å². The van der Waals surface area contributed by atoms with Crippen molar-refractivity contribution in [3.63, 3.8) is 0 Å². The Labute approximate surface area is 211 Å². The molecule has 0 saturated heterocycles. The minimum Gasteiger partial charge on any atom is -0.445 e. The van der Waals surface area contributed by atoms with Crippen LogP contribution in [-0.2, 0) is 33.8 Å². The summed E-state index contributed by atoms with van der Waals surface area (Å²) in [5.74, 6) is -0.649. The van der Waals surface area contributed by atoms with Crippen LogP contribution in [0.5, 0.6) is 0 Å². The van der Waals surface area contributed by atoms with Crippen molar-refractivity contribution in [1.29, 1.82) is 0 Å². The van der Waals surface area contributed by atoms with Crippen LogP contribution in [0.1, 0.15) is 16.7 Å². The summed E-state index contributed by atoms with van der Waals surface area (Å²) in [6.07, 6.45) is 3.12. The van der Waals surface area contributed by atoms with Crippen LogP contribution in [0, 0.1) is 0 Å². The third-order valence-electron chi connectivity index (χ3n) is 5.46. The number of carbonyl (C=O) groups excluding carboxylic acids is 3. The predicted octanol–water partition coefficient (Wildman–Crippen LogP) is 3.55. The molecule has 0 heterocycles. The molecule has 0 radical (unpaired) electrons. The van der Waals surface area contributed by atoms with Gasteiger partial charge in [-0.15, -0.1) is 0 Å². The van der Waals surface area contributed by atoms with E-state index in [1.54, 1.807) is 13.1 Å². The van der Waals surface area contributed by atoms with Crippen LogP contribution >= 0.6 is 0 Å². The second-order valence-electron chi connectivity index (χ2n) is 8.23. The molecule has 3 aromatic rings. The van der Waals surface area contributed by atoms with Gasteiger partial charge < -0.3 is 20.7 Å². The van der Waals surface area contributed by atoms with Crippen LogP contribution in [0.2, 0.25) is 0 Å². The highest BCUT2D eigenvalue weighted by Gasteiger charge is 2.24. The molecule has 0 spiro atoms. The van der Waals surface area contributed by atoms with Gasteiger partial charge in [-0.25, -0.2) is 4.79 Å². The SMILES string of the molecule is CNC(=O)/C=C/[C@H](Cc1ccccc1)NC(=O)[C@H](Cc1ccccc1)NC(=O)OCc1ccccc1. The summed E-state index contributed by atoms with van der Waals surface area (Å²) in [5.41, 5.74) is 2.74. The first-order chi connectivity index (χ1) is 17.5. The maximum Gasteiger partial charge on any atom is 0.408 e. The molecule has 2 atom stereocenters. The van der Waals surface area contributed by atoms with Crippen LogP contribution in [0.25, 0.3) is 0 Å². The van der Waals surface area contributed by atoms with Gasteiger partial charge in [0.15, 0.2) is 0 Å². The van der Waals surface area contributed by atoms with Crippen molar-refractivity contribution >= 4 is 17.9 Å². The number of hydrogen-bond acceptors (Lipinski definition) is 4. The predicted molar refractivity (Wildman–Crippen MR) is 139 cm³/mol. The Morgan fingerprint density at radius 1 is 0.750 bits per heavy atom. The summed E-state index contributed by atoms with van der Waals surface area (Å²) in [4.78, 5) is 37.7. The summed E-state index contributed by atoms with van der Waals surface area (Å²) >= 11 is 0. The fourth-order valence-corrected chi connectivity index (χ4v) is 3.57. The standard InChI is InChI=1S/C29H31N3O4/c1-30-27(33)18-17-25(19-22-11-5-2-6-12-22)31-28(34)26(20-23-13-7-3-8-14-23)32-29(35)36-21-24-15-9-4-10-16-24/h2-18,25-26H,19-21H2,1H3,(H,30,33)(H,31,34)(H,32,35)/b18-17+/t25-,26+/m1/s1. The van der Waals surface area contributed by atoms with Gasteiger partial charge in [0, 0.05) is 19.5 Å². The Morgan fingerprint density at radius 2 is 1.28 bits per heavy atom. The van der Waals surface area contributed by atoms with Crippen molar-refractivity contribution in [2.75, 3.05) is 7.05 Å². The average Bonchev–Trinajstić information content (AvgIpc) is 2.91. The number of rotatable bonds is 11. The van der Waals surface area contributed by atoms with Crippen LogP contribution in [0.15, 0.2) is 103 Å². The molecular formula is C29H31N3O4. The number of amides is 3.